The third-order valence-corrected chi connectivity index (χ3v) is 4.12. The first kappa shape index (κ1) is 17.7. The molecule has 1 aromatic heterocycles. The molecule has 0 saturated heterocycles. The Kier molecular flexibility index (Phi) is 4.72. The van der Waals surface area contributed by atoms with E-state index in [0.29, 0.717) is 28.9 Å². The summed E-state index contributed by atoms with van der Waals surface area (Å²) in [5.41, 5.74) is 3.11. The van der Waals surface area contributed by atoms with Crippen molar-refractivity contribution < 1.29 is 13.9 Å². The van der Waals surface area contributed by atoms with Gasteiger partial charge in [-0.2, -0.15) is 4.80 Å². The normalized spacial score (nSPS) is 10.8. The lowest BCUT2D eigenvalue weighted by atomic mass is 10.2. The Balaban J connectivity index is 1.56. The lowest BCUT2D eigenvalue weighted by Crippen LogP contribution is -2.11. The highest BCUT2D eigenvalue weighted by molar-refractivity contribution is 6.04. The topological polar surface area (TPSA) is 69.0 Å². The van der Waals surface area contributed by atoms with Crippen molar-refractivity contribution in [1.29, 1.82) is 0 Å². The molecule has 0 spiro atoms. The van der Waals surface area contributed by atoms with Gasteiger partial charge in [-0.25, -0.2) is 4.39 Å². The zero-order chi connectivity index (χ0) is 19.5. The van der Waals surface area contributed by atoms with Crippen molar-refractivity contribution in [2.45, 2.75) is 6.92 Å². The van der Waals surface area contributed by atoms with Gasteiger partial charge in [-0.15, -0.1) is 10.2 Å². The Morgan fingerprint density at radius 2 is 1.71 bits per heavy atom. The van der Waals surface area contributed by atoms with Crippen molar-refractivity contribution in [2.75, 3.05) is 11.9 Å². The SMILES string of the molecule is CCOc1ccc(-n2nc3ccc(NC(=O)c4ccc(F)cc4)cc3n2)cc1. The molecule has 1 amide bonds. The Bertz CT molecular complexity index is 1120. The smallest absolute Gasteiger partial charge is 0.255 e. The van der Waals surface area contributed by atoms with Crippen molar-refractivity contribution in [3.05, 3.63) is 78.1 Å². The Labute approximate surface area is 160 Å². The van der Waals surface area contributed by atoms with Crippen LogP contribution in [-0.2, 0) is 0 Å². The number of benzene rings is 3. The molecule has 28 heavy (non-hydrogen) atoms. The van der Waals surface area contributed by atoms with Gasteiger partial charge in [-0.3, -0.25) is 4.79 Å². The second-order valence-electron chi connectivity index (χ2n) is 6.08. The van der Waals surface area contributed by atoms with Crippen LogP contribution in [0.4, 0.5) is 10.1 Å². The summed E-state index contributed by atoms with van der Waals surface area (Å²) in [5, 5.41) is 11.7. The second-order valence-corrected chi connectivity index (χ2v) is 6.08. The molecular weight excluding hydrogens is 359 g/mol. The van der Waals surface area contributed by atoms with Gasteiger partial charge >= 0.3 is 0 Å². The molecular formula is C21H17FN4O2. The molecule has 140 valence electrons. The van der Waals surface area contributed by atoms with Gasteiger partial charge in [0.25, 0.3) is 5.91 Å². The standard InChI is InChI=1S/C21H17FN4O2/c1-2-28-18-10-8-17(9-11-18)26-24-19-12-7-16(13-20(19)25-26)23-21(27)14-3-5-15(22)6-4-14/h3-13H,2H2,1H3,(H,23,27). The number of ether oxygens (including phenoxy) is 1. The number of rotatable bonds is 5. The Hall–Kier alpha value is -3.74. The number of hydrogen-bond acceptors (Lipinski definition) is 4. The zero-order valence-electron chi connectivity index (χ0n) is 15.1. The zero-order valence-corrected chi connectivity index (χ0v) is 15.1. The summed E-state index contributed by atoms with van der Waals surface area (Å²) in [6.07, 6.45) is 0. The van der Waals surface area contributed by atoms with Gasteiger partial charge < -0.3 is 10.1 Å². The van der Waals surface area contributed by atoms with Crippen molar-refractivity contribution in [1.82, 2.24) is 15.0 Å². The van der Waals surface area contributed by atoms with Gasteiger partial charge in [0.1, 0.15) is 22.6 Å². The molecule has 0 aliphatic carbocycles. The minimum absolute atomic E-state index is 0.321. The van der Waals surface area contributed by atoms with Crippen LogP contribution >= 0.6 is 0 Å². The van der Waals surface area contributed by atoms with Gasteiger partial charge in [0.05, 0.1) is 12.3 Å². The highest BCUT2D eigenvalue weighted by Crippen LogP contribution is 2.20. The first-order chi connectivity index (χ1) is 13.6. The number of nitrogens with one attached hydrogen (secondary N) is 1. The maximum atomic E-state index is 13.0. The molecule has 0 fully saturated rings. The fourth-order valence-electron chi connectivity index (χ4n) is 2.75. The average Bonchev–Trinajstić information content (AvgIpc) is 3.12. The van der Waals surface area contributed by atoms with Crippen LogP contribution in [-0.4, -0.2) is 27.5 Å². The average molecular weight is 376 g/mol. The summed E-state index contributed by atoms with van der Waals surface area (Å²) >= 11 is 0. The first-order valence-corrected chi connectivity index (χ1v) is 8.79. The minimum Gasteiger partial charge on any atom is -0.494 e. The van der Waals surface area contributed by atoms with Crippen LogP contribution in [0.25, 0.3) is 16.7 Å². The van der Waals surface area contributed by atoms with Crippen LogP contribution in [0.1, 0.15) is 17.3 Å². The number of anilines is 1. The molecule has 1 heterocycles. The number of carbonyl (C=O) groups excluding carboxylic acids is 1. The number of halogens is 1. The summed E-state index contributed by atoms with van der Waals surface area (Å²) in [5.74, 6) is 0.0795. The fraction of sp³-hybridized carbons (Fsp3) is 0.0952. The molecule has 0 bridgehead atoms. The summed E-state index contributed by atoms with van der Waals surface area (Å²) in [4.78, 5) is 13.8. The van der Waals surface area contributed by atoms with Gasteiger partial charge in [-0.1, -0.05) is 0 Å². The van der Waals surface area contributed by atoms with E-state index in [0.717, 1.165) is 11.4 Å². The Morgan fingerprint density at radius 1 is 1.00 bits per heavy atom. The van der Waals surface area contributed by atoms with Gasteiger partial charge in [-0.05, 0) is 73.7 Å². The number of nitrogens with zero attached hydrogens (tertiary/aromatic N) is 3. The minimum atomic E-state index is -0.385. The van der Waals surface area contributed by atoms with E-state index in [1.165, 1.54) is 29.1 Å². The number of fused-ring (bicyclic) bond motifs is 1. The molecule has 4 rings (SSSR count). The van der Waals surface area contributed by atoms with Crippen LogP contribution in [0.5, 0.6) is 5.75 Å². The number of carbonyl (C=O) groups is 1. The molecule has 7 heteroatoms. The molecule has 3 aromatic carbocycles. The van der Waals surface area contributed by atoms with Crippen LogP contribution in [0, 0.1) is 5.82 Å². The molecule has 0 aliphatic heterocycles. The van der Waals surface area contributed by atoms with Crippen molar-refractivity contribution in [3.8, 4) is 11.4 Å². The molecule has 4 aromatic rings. The van der Waals surface area contributed by atoms with E-state index in [9.17, 15) is 9.18 Å². The van der Waals surface area contributed by atoms with E-state index in [2.05, 4.69) is 15.5 Å². The number of amides is 1. The van der Waals surface area contributed by atoms with Crippen LogP contribution < -0.4 is 10.1 Å². The molecule has 0 aliphatic rings. The van der Waals surface area contributed by atoms with Crippen molar-refractivity contribution >= 4 is 22.6 Å². The van der Waals surface area contributed by atoms with Gasteiger partial charge in [0, 0.05) is 11.3 Å². The van der Waals surface area contributed by atoms with E-state index in [1.807, 2.05) is 31.2 Å². The lowest BCUT2D eigenvalue weighted by Gasteiger charge is -2.04. The van der Waals surface area contributed by atoms with E-state index in [4.69, 9.17) is 4.74 Å². The molecule has 0 radical (unpaired) electrons. The molecule has 0 unspecified atom stereocenters. The molecule has 6 nitrogen and oxygen atoms in total. The van der Waals surface area contributed by atoms with E-state index in [-0.39, 0.29) is 11.7 Å². The summed E-state index contributed by atoms with van der Waals surface area (Å²) in [7, 11) is 0. The quantitative estimate of drug-likeness (QED) is 0.566. The summed E-state index contributed by atoms with van der Waals surface area (Å²) < 4.78 is 18.4. The van der Waals surface area contributed by atoms with Crippen LogP contribution in [0.3, 0.4) is 0 Å². The maximum Gasteiger partial charge on any atom is 0.255 e. The molecule has 0 saturated carbocycles. The second kappa shape index (κ2) is 7.48. The van der Waals surface area contributed by atoms with Gasteiger partial charge in [0.15, 0.2) is 0 Å². The highest BCUT2D eigenvalue weighted by Gasteiger charge is 2.09. The third kappa shape index (κ3) is 3.68. The largest absolute Gasteiger partial charge is 0.494 e. The predicted octanol–water partition coefficient (Wildman–Crippen LogP) is 4.21. The number of hydrogen-bond donors (Lipinski definition) is 1. The van der Waals surface area contributed by atoms with Crippen LogP contribution in [0.15, 0.2) is 66.7 Å². The summed E-state index contributed by atoms with van der Waals surface area (Å²) in [6, 6.07) is 18.1. The molecule has 1 N–H and O–H groups in total. The van der Waals surface area contributed by atoms with Gasteiger partial charge in [0.2, 0.25) is 0 Å². The highest BCUT2D eigenvalue weighted by atomic mass is 19.1. The monoisotopic (exact) mass is 376 g/mol. The predicted molar refractivity (Wildman–Crippen MR) is 104 cm³/mol. The van der Waals surface area contributed by atoms with Crippen molar-refractivity contribution in [3.63, 3.8) is 0 Å². The maximum absolute atomic E-state index is 13.0. The Morgan fingerprint density at radius 3 is 2.43 bits per heavy atom. The lowest BCUT2D eigenvalue weighted by molar-refractivity contribution is 0.102. The van der Waals surface area contributed by atoms with E-state index >= 15 is 0 Å². The third-order valence-electron chi connectivity index (χ3n) is 4.12. The van der Waals surface area contributed by atoms with Crippen LogP contribution in [0.2, 0.25) is 0 Å². The van der Waals surface area contributed by atoms with E-state index in [1.54, 1.807) is 18.2 Å². The fourth-order valence-corrected chi connectivity index (χ4v) is 2.75. The van der Waals surface area contributed by atoms with Crippen molar-refractivity contribution in [2.24, 2.45) is 0 Å². The van der Waals surface area contributed by atoms with E-state index < -0.39 is 0 Å². The number of aromatic nitrogens is 3. The molecule has 0 atom stereocenters. The first-order valence-electron chi connectivity index (χ1n) is 8.79. The summed E-state index contributed by atoms with van der Waals surface area (Å²) in [6.45, 7) is 2.54.